The van der Waals surface area contributed by atoms with Gasteiger partial charge in [-0.25, -0.2) is 0 Å². The van der Waals surface area contributed by atoms with Crippen molar-refractivity contribution in [3.8, 4) is 0 Å². The first kappa shape index (κ1) is 13.5. The highest BCUT2D eigenvalue weighted by Crippen LogP contribution is 2.39. The first-order valence-corrected chi connectivity index (χ1v) is 7.22. The molecule has 0 spiro atoms. The van der Waals surface area contributed by atoms with Crippen LogP contribution in [0.15, 0.2) is 12.4 Å². The maximum Gasteiger partial charge on any atom is 0.0759 e. The lowest BCUT2D eigenvalue weighted by atomic mass is 9.73. The van der Waals surface area contributed by atoms with E-state index in [1.807, 2.05) is 26.4 Å². The molecular formula is C15H25N3. The summed E-state index contributed by atoms with van der Waals surface area (Å²) in [6.45, 7) is 4.30. The predicted molar refractivity (Wildman–Crippen MR) is 74.3 cm³/mol. The second-order valence-corrected chi connectivity index (χ2v) is 5.47. The molecule has 2 rings (SSSR count). The minimum Gasteiger partial charge on any atom is -0.311 e. The summed E-state index contributed by atoms with van der Waals surface area (Å²) in [5.41, 5.74) is 2.10. The second kappa shape index (κ2) is 6.28. The molecule has 3 unspecified atom stereocenters. The average Bonchev–Trinajstić information content (AvgIpc) is 2.42. The molecule has 0 aromatic carbocycles. The molecule has 18 heavy (non-hydrogen) atoms. The first-order chi connectivity index (χ1) is 8.76. The first-order valence-electron chi connectivity index (χ1n) is 7.22. The third-order valence-corrected chi connectivity index (χ3v) is 4.35. The molecule has 0 bridgehead atoms. The Balaban J connectivity index is 2.18. The number of hydrogen-bond donors (Lipinski definition) is 1. The smallest absolute Gasteiger partial charge is 0.0759 e. The van der Waals surface area contributed by atoms with E-state index < -0.39 is 0 Å². The highest BCUT2D eigenvalue weighted by molar-refractivity contribution is 5.08. The Morgan fingerprint density at radius 2 is 2.06 bits per heavy atom. The summed E-state index contributed by atoms with van der Waals surface area (Å²) in [6, 6.07) is 0.364. The van der Waals surface area contributed by atoms with Gasteiger partial charge in [-0.05, 0) is 32.2 Å². The molecule has 1 aromatic heterocycles. The molecule has 1 N–H and O–H groups in total. The van der Waals surface area contributed by atoms with Gasteiger partial charge in [-0.15, -0.1) is 0 Å². The molecule has 100 valence electrons. The van der Waals surface area contributed by atoms with E-state index in [1.54, 1.807) is 0 Å². The van der Waals surface area contributed by atoms with Crippen molar-refractivity contribution in [2.24, 2.45) is 11.8 Å². The van der Waals surface area contributed by atoms with Crippen LogP contribution in [0.4, 0.5) is 0 Å². The molecule has 1 saturated carbocycles. The van der Waals surface area contributed by atoms with E-state index in [0.717, 1.165) is 17.3 Å². The van der Waals surface area contributed by atoms with E-state index in [2.05, 4.69) is 22.2 Å². The van der Waals surface area contributed by atoms with Gasteiger partial charge in [0.1, 0.15) is 0 Å². The van der Waals surface area contributed by atoms with Crippen molar-refractivity contribution >= 4 is 0 Å². The lowest BCUT2D eigenvalue weighted by molar-refractivity contribution is 0.178. The van der Waals surface area contributed by atoms with E-state index in [4.69, 9.17) is 0 Å². The summed E-state index contributed by atoms with van der Waals surface area (Å²) < 4.78 is 0. The van der Waals surface area contributed by atoms with Crippen LogP contribution < -0.4 is 5.32 Å². The van der Waals surface area contributed by atoms with Crippen LogP contribution in [0, 0.1) is 18.8 Å². The molecule has 1 aliphatic carbocycles. The number of hydrogen-bond acceptors (Lipinski definition) is 3. The summed E-state index contributed by atoms with van der Waals surface area (Å²) >= 11 is 0. The van der Waals surface area contributed by atoms with Gasteiger partial charge in [0.2, 0.25) is 0 Å². The van der Waals surface area contributed by atoms with Crippen molar-refractivity contribution in [2.75, 3.05) is 7.05 Å². The monoisotopic (exact) mass is 247 g/mol. The van der Waals surface area contributed by atoms with Gasteiger partial charge in [-0.1, -0.05) is 32.6 Å². The highest BCUT2D eigenvalue weighted by atomic mass is 14.9. The van der Waals surface area contributed by atoms with Crippen molar-refractivity contribution in [3.05, 3.63) is 23.8 Å². The fourth-order valence-electron chi connectivity index (χ4n) is 3.33. The third-order valence-electron chi connectivity index (χ3n) is 4.35. The van der Waals surface area contributed by atoms with Crippen molar-refractivity contribution in [2.45, 2.75) is 52.0 Å². The highest BCUT2D eigenvalue weighted by Gasteiger charge is 2.31. The second-order valence-electron chi connectivity index (χ2n) is 5.47. The Hall–Kier alpha value is -0.960. The number of aryl methyl sites for hydroxylation is 1. The van der Waals surface area contributed by atoms with E-state index in [1.165, 1.54) is 32.1 Å². The van der Waals surface area contributed by atoms with Crippen LogP contribution in [-0.2, 0) is 0 Å². The van der Waals surface area contributed by atoms with Crippen LogP contribution in [-0.4, -0.2) is 17.0 Å². The lowest BCUT2D eigenvalue weighted by Crippen LogP contribution is -2.33. The van der Waals surface area contributed by atoms with Crippen LogP contribution >= 0.6 is 0 Å². The average molecular weight is 247 g/mol. The van der Waals surface area contributed by atoms with Gasteiger partial charge in [-0.3, -0.25) is 9.97 Å². The summed E-state index contributed by atoms with van der Waals surface area (Å²) in [5.74, 6) is 1.55. The van der Waals surface area contributed by atoms with Crippen molar-refractivity contribution in [1.29, 1.82) is 0 Å². The van der Waals surface area contributed by atoms with Crippen LogP contribution in [0.25, 0.3) is 0 Å². The normalized spacial score (nSPS) is 25.9. The van der Waals surface area contributed by atoms with Crippen molar-refractivity contribution < 1.29 is 0 Å². The molecule has 0 aliphatic heterocycles. The van der Waals surface area contributed by atoms with Crippen LogP contribution in [0.1, 0.15) is 56.5 Å². The topological polar surface area (TPSA) is 37.8 Å². The fraction of sp³-hybridized carbons (Fsp3) is 0.733. The number of nitrogens with one attached hydrogen (secondary N) is 1. The Bertz CT molecular complexity index is 361. The number of aromatic nitrogens is 2. The van der Waals surface area contributed by atoms with E-state index in [0.29, 0.717) is 12.0 Å². The predicted octanol–water partition coefficient (Wildman–Crippen LogP) is 3.26. The SMILES string of the molecule is CCC1CCCCC1C(NC)c1cnc(C)cn1. The summed E-state index contributed by atoms with van der Waals surface area (Å²) in [4.78, 5) is 8.96. The Labute approximate surface area is 110 Å². The molecule has 3 atom stereocenters. The molecule has 1 aromatic rings. The standard InChI is InChI=1S/C15H25N3/c1-4-12-7-5-6-8-13(12)15(16-3)14-10-17-11(2)9-18-14/h9-10,12-13,15-16H,4-8H2,1-3H3. The lowest BCUT2D eigenvalue weighted by Gasteiger charge is -2.36. The molecule has 3 nitrogen and oxygen atoms in total. The molecule has 1 aliphatic rings. The van der Waals surface area contributed by atoms with E-state index in [-0.39, 0.29) is 0 Å². The van der Waals surface area contributed by atoms with Crippen LogP contribution in [0.3, 0.4) is 0 Å². The zero-order chi connectivity index (χ0) is 13.0. The Morgan fingerprint density at radius 1 is 1.28 bits per heavy atom. The maximum absolute atomic E-state index is 4.57. The Morgan fingerprint density at radius 3 is 2.67 bits per heavy atom. The molecule has 0 radical (unpaired) electrons. The molecule has 0 saturated heterocycles. The van der Waals surface area contributed by atoms with Gasteiger partial charge in [0.15, 0.2) is 0 Å². The quantitative estimate of drug-likeness (QED) is 0.887. The zero-order valence-electron chi connectivity index (χ0n) is 11.8. The van der Waals surface area contributed by atoms with Crippen molar-refractivity contribution in [3.63, 3.8) is 0 Å². The van der Waals surface area contributed by atoms with Gasteiger partial charge in [-0.2, -0.15) is 0 Å². The molecule has 1 fully saturated rings. The minimum atomic E-state index is 0.364. The van der Waals surface area contributed by atoms with Gasteiger partial charge in [0.05, 0.1) is 23.6 Å². The Kier molecular flexibility index (Phi) is 4.70. The van der Waals surface area contributed by atoms with Crippen LogP contribution in [0.2, 0.25) is 0 Å². The van der Waals surface area contributed by atoms with Gasteiger partial charge in [0, 0.05) is 6.20 Å². The van der Waals surface area contributed by atoms with Gasteiger partial charge >= 0.3 is 0 Å². The van der Waals surface area contributed by atoms with E-state index >= 15 is 0 Å². The van der Waals surface area contributed by atoms with Crippen molar-refractivity contribution in [1.82, 2.24) is 15.3 Å². The molecule has 3 heteroatoms. The summed E-state index contributed by atoms with van der Waals surface area (Å²) in [7, 11) is 2.05. The maximum atomic E-state index is 4.57. The largest absolute Gasteiger partial charge is 0.311 e. The zero-order valence-corrected chi connectivity index (χ0v) is 11.8. The van der Waals surface area contributed by atoms with Crippen LogP contribution in [0.5, 0.6) is 0 Å². The minimum absolute atomic E-state index is 0.364. The fourth-order valence-corrected chi connectivity index (χ4v) is 3.33. The number of nitrogens with zero attached hydrogens (tertiary/aromatic N) is 2. The molecular weight excluding hydrogens is 222 g/mol. The summed E-state index contributed by atoms with van der Waals surface area (Å²) in [5, 5.41) is 3.47. The van der Waals surface area contributed by atoms with E-state index in [9.17, 15) is 0 Å². The molecule has 1 heterocycles. The molecule has 0 amide bonds. The van der Waals surface area contributed by atoms with Gasteiger partial charge < -0.3 is 5.32 Å². The van der Waals surface area contributed by atoms with Gasteiger partial charge in [0.25, 0.3) is 0 Å². The third kappa shape index (κ3) is 2.89. The number of rotatable bonds is 4. The summed E-state index contributed by atoms with van der Waals surface area (Å²) in [6.07, 6.45) is 10.5.